The molecule has 0 fully saturated rings. The average Bonchev–Trinajstić information content (AvgIpc) is 1.94. The van der Waals surface area contributed by atoms with E-state index in [9.17, 15) is 9.18 Å². The molecule has 0 aliphatic heterocycles. The first kappa shape index (κ1) is 7.99. The maximum absolute atomic E-state index is 12.7. The number of carbonyl (C=O) groups is 1. The second-order valence-electron chi connectivity index (χ2n) is 2.29. The molecule has 3 heteroatoms. The van der Waals surface area contributed by atoms with Gasteiger partial charge in [0.25, 0.3) is 0 Å². The highest BCUT2D eigenvalue weighted by atomic mass is 19.1. The van der Waals surface area contributed by atoms with Crippen molar-refractivity contribution < 1.29 is 9.18 Å². The van der Waals surface area contributed by atoms with Crippen molar-refractivity contribution in [3.63, 3.8) is 0 Å². The number of hydrogen-bond donors (Lipinski definition) is 0. The van der Waals surface area contributed by atoms with E-state index in [0.29, 0.717) is 5.56 Å². The highest BCUT2D eigenvalue weighted by Crippen LogP contribution is 2.01. The van der Waals surface area contributed by atoms with E-state index in [4.69, 9.17) is 7.85 Å². The van der Waals surface area contributed by atoms with Gasteiger partial charge in [-0.05, 0) is 13.0 Å². The summed E-state index contributed by atoms with van der Waals surface area (Å²) in [6.07, 6.45) is 0. The fourth-order valence-electron chi connectivity index (χ4n) is 0.746. The molecule has 54 valence electrons. The third kappa shape index (κ3) is 1.67. The van der Waals surface area contributed by atoms with Crippen molar-refractivity contribution in [2.24, 2.45) is 0 Å². The summed E-state index contributed by atoms with van der Waals surface area (Å²) in [5.74, 6) is -0.707. The minimum atomic E-state index is -0.544. The molecule has 0 bridgehead atoms. The van der Waals surface area contributed by atoms with Crippen LogP contribution in [-0.4, -0.2) is 13.6 Å². The number of hydrogen-bond acceptors (Lipinski definition) is 1. The lowest BCUT2D eigenvalue weighted by Crippen LogP contribution is -2.09. The van der Waals surface area contributed by atoms with Crippen LogP contribution in [0.1, 0.15) is 17.3 Å². The fraction of sp³-hybridized carbons (Fsp3) is 0.125. The number of Topliss-reactive ketones (excluding diaryl/α,β-unsaturated/α-hetero) is 1. The zero-order valence-electron chi connectivity index (χ0n) is 6.10. The molecular weight excluding hydrogens is 142 g/mol. The molecule has 2 radical (unpaired) electrons. The van der Waals surface area contributed by atoms with Crippen LogP contribution >= 0.6 is 0 Å². The van der Waals surface area contributed by atoms with E-state index < -0.39 is 5.82 Å². The third-order valence-corrected chi connectivity index (χ3v) is 1.41. The Balaban J connectivity index is 3.15. The molecular formula is C8H6BFO. The lowest BCUT2D eigenvalue weighted by Gasteiger charge is -1.97. The Kier molecular flexibility index (Phi) is 2.08. The Labute approximate surface area is 65.6 Å². The first-order valence-electron chi connectivity index (χ1n) is 3.17. The lowest BCUT2D eigenvalue weighted by atomic mass is 9.94. The van der Waals surface area contributed by atoms with Crippen molar-refractivity contribution in [3.05, 3.63) is 29.6 Å². The minimum Gasteiger partial charge on any atom is -0.295 e. The number of rotatable bonds is 1. The van der Waals surface area contributed by atoms with Crippen molar-refractivity contribution in [1.29, 1.82) is 0 Å². The van der Waals surface area contributed by atoms with Crippen LogP contribution in [0.3, 0.4) is 0 Å². The Morgan fingerprint density at radius 2 is 2.18 bits per heavy atom. The summed E-state index contributed by atoms with van der Waals surface area (Å²) >= 11 is 0. The Morgan fingerprint density at radius 3 is 2.64 bits per heavy atom. The molecule has 1 rings (SSSR count). The number of ketones is 1. The smallest absolute Gasteiger partial charge is 0.159 e. The summed E-state index contributed by atoms with van der Waals surface area (Å²) in [5, 5.41) is 0. The molecule has 1 nitrogen and oxygen atoms in total. The van der Waals surface area contributed by atoms with Crippen molar-refractivity contribution >= 4 is 19.1 Å². The van der Waals surface area contributed by atoms with E-state index >= 15 is 0 Å². The summed E-state index contributed by atoms with van der Waals surface area (Å²) in [4.78, 5) is 10.7. The van der Waals surface area contributed by atoms with E-state index in [1.165, 1.54) is 19.1 Å². The predicted octanol–water partition coefficient (Wildman–Crippen LogP) is 0.822. The van der Waals surface area contributed by atoms with Crippen LogP contribution < -0.4 is 5.46 Å². The molecule has 0 aromatic heterocycles. The highest BCUT2D eigenvalue weighted by Gasteiger charge is 2.01. The van der Waals surface area contributed by atoms with Crippen LogP contribution in [-0.2, 0) is 0 Å². The Hall–Kier alpha value is -1.12. The zero-order valence-corrected chi connectivity index (χ0v) is 6.10. The van der Waals surface area contributed by atoms with Crippen molar-refractivity contribution in [2.45, 2.75) is 6.92 Å². The van der Waals surface area contributed by atoms with Crippen LogP contribution in [0.15, 0.2) is 18.2 Å². The van der Waals surface area contributed by atoms with E-state index in [1.54, 1.807) is 0 Å². The predicted molar refractivity (Wildman–Crippen MR) is 41.8 cm³/mol. The minimum absolute atomic E-state index is 0.0648. The zero-order chi connectivity index (χ0) is 8.43. The fourth-order valence-corrected chi connectivity index (χ4v) is 0.746. The third-order valence-electron chi connectivity index (χ3n) is 1.41. The average molecular weight is 148 g/mol. The molecule has 0 aliphatic rings. The summed E-state index contributed by atoms with van der Waals surface area (Å²) in [6.45, 7) is 1.38. The molecule has 0 atom stereocenters. The van der Waals surface area contributed by atoms with Crippen LogP contribution in [0.4, 0.5) is 4.39 Å². The van der Waals surface area contributed by atoms with E-state index in [2.05, 4.69) is 0 Å². The van der Waals surface area contributed by atoms with Gasteiger partial charge in [-0.3, -0.25) is 4.79 Å². The molecule has 0 spiro atoms. The van der Waals surface area contributed by atoms with Crippen molar-refractivity contribution in [1.82, 2.24) is 0 Å². The van der Waals surface area contributed by atoms with Gasteiger partial charge in [-0.15, -0.1) is 0 Å². The Bertz CT molecular complexity index is 296. The molecule has 0 saturated carbocycles. The van der Waals surface area contributed by atoms with Gasteiger partial charge in [0.15, 0.2) is 5.78 Å². The molecule has 1 aromatic carbocycles. The molecule has 0 heterocycles. The van der Waals surface area contributed by atoms with Gasteiger partial charge in [-0.2, -0.15) is 0 Å². The molecule has 0 amide bonds. The van der Waals surface area contributed by atoms with Crippen molar-refractivity contribution in [2.75, 3.05) is 0 Å². The largest absolute Gasteiger partial charge is 0.295 e. The number of halogens is 1. The standard InChI is InChI=1S/C8H6BFO/c1-5(11)6-2-3-7(9)8(10)4-6/h2-4H,1H3. The summed E-state index contributed by atoms with van der Waals surface area (Å²) in [6, 6.07) is 4.02. The molecule has 0 unspecified atom stereocenters. The molecule has 1 aromatic rings. The maximum Gasteiger partial charge on any atom is 0.159 e. The summed E-state index contributed by atoms with van der Waals surface area (Å²) < 4.78 is 12.7. The monoisotopic (exact) mass is 148 g/mol. The number of benzene rings is 1. The van der Waals surface area contributed by atoms with E-state index in [0.717, 1.165) is 6.07 Å². The van der Waals surface area contributed by atoms with E-state index in [1.807, 2.05) is 0 Å². The van der Waals surface area contributed by atoms with Gasteiger partial charge < -0.3 is 0 Å². The van der Waals surface area contributed by atoms with Gasteiger partial charge in [0.2, 0.25) is 0 Å². The maximum atomic E-state index is 12.7. The SMILES string of the molecule is [B]c1ccc(C(C)=O)cc1F. The topological polar surface area (TPSA) is 17.1 Å². The summed E-state index contributed by atoms with van der Waals surface area (Å²) in [7, 11) is 5.20. The van der Waals surface area contributed by atoms with Gasteiger partial charge in [-0.25, -0.2) is 4.39 Å². The normalized spacial score (nSPS) is 9.64. The van der Waals surface area contributed by atoms with Crippen LogP contribution in [0.25, 0.3) is 0 Å². The van der Waals surface area contributed by atoms with Gasteiger partial charge >= 0.3 is 0 Å². The first-order valence-corrected chi connectivity index (χ1v) is 3.17. The highest BCUT2D eigenvalue weighted by molar-refractivity contribution is 6.32. The lowest BCUT2D eigenvalue weighted by molar-refractivity contribution is 0.101. The van der Waals surface area contributed by atoms with Gasteiger partial charge in [-0.1, -0.05) is 17.6 Å². The second kappa shape index (κ2) is 2.87. The molecule has 0 aliphatic carbocycles. The molecule has 11 heavy (non-hydrogen) atoms. The first-order chi connectivity index (χ1) is 5.11. The van der Waals surface area contributed by atoms with E-state index in [-0.39, 0.29) is 11.2 Å². The van der Waals surface area contributed by atoms with Crippen LogP contribution in [0, 0.1) is 5.82 Å². The molecule has 0 N–H and O–H groups in total. The van der Waals surface area contributed by atoms with Gasteiger partial charge in [0.05, 0.1) is 0 Å². The Morgan fingerprint density at radius 1 is 1.55 bits per heavy atom. The van der Waals surface area contributed by atoms with Gasteiger partial charge in [0, 0.05) is 5.56 Å². The van der Waals surface area contributed by atoms with Crippen LogP contribution in [0.2, 0.25) is 0 Å². The number of carbonyl (C=O) groups excluding carboxylic acids is 1. The summed E-state index contributed by atoms with van der Waals surface area (Å²) in [5.41, 5.74) is 0.409. The van der Waals surface area contributed by atoms with Crippen LogP contribution in [0.5, 0.6) is 0 Å². The molecule has 0 saturated heterocycles. The van der Waals surface area contributed by atoms with Crippen molar-refractivity contribution in [3.8, 4) is 0 Å². The van der Waals surface area contributed by atoms with Gasteiger partial charge in [0.1, 0.15) is 13.7 Å². The second-order valence-corrected chi connectivity index (χ2v) is 2.29. The quantitative estimate of drug-likeness (QED) is 0.425.